The van der Waals surface area contributed by atoms with Crippen molar-refractivity contribution in [2.24, 2.45) is 0 Å². The number of nitrogens with one attached hydrogen (secondary N) is 2. The molecule has 2 heterocycles. The van der Waals surface area contributed by atoms with Gasteiger partial charge in [0, 0.05) is 18.2 Å². The lowest BCUT2D eigenvalue weighted by atomic mass is 10.1. The number of carbonyl (C=O) groups is 1. The fourth-order valence-electron chi connectivity index (χ4n) is 2.67. The molecule has 1 atom stereocenters. The average molecular weight is 288 g/mol. The summed E-state index contributed by atoms with van der Waals surface area (Å²) in [7, 11) is 1.62. The fraction of sp³-hybridized carbons (Fsp3) is 0.438. The third-order valence-corrected chi connectivity index (χ3v) is 3.89. The Labute approximate surface area is 124 Å². The first-order valence-corrected chi connectivity index (χ1v) is 7.29. The Morgan fingerprint density at radius 1 is 1.52 bits per heavy atom. The molecule has 2 aliphatic heterocycles. The second kappa shape index (κ2) is 6.18. The molecule has 0 aromatic heterocycles. The van der Waals surface area contributed by atoms with Crippen LogP contribution in [0.5, 0.6) is 11.5 Å². The minimum atomic E-state index is -0.0582. The zero-order valence-electron chi connectivity index (χ0n) is 12.1. The van der Waals surface area contributed by atoms with E-state index in [1.807, 2.05) is 24.3 Å². The van der Waals surface area contributed by atoms with Gasteiger partial charge in [-0.3, -0.25) is 4.79 Å². The number of ether oxygens (including phenoxy) is 2. The van der Waals surface area contributed by atoms with Crippen LogP contribution >= 0.6 is 0 Å². The van der Waals surface area contributed by atoms with Crippen molar-refractivity contribution in [2.45, 2.75) is 18.9 Å². The highest BCUT2D eigenvalue weighted by Crippen LogP contribution is 2.29. The number of rotatable bonds is 4. The van der Waals surface area contributed by atoms with Crippen molar-refractivity contribution in [1.82, 2.24) is 10.6 Å². The summed E-state index contributed by atoms with van der Waals surface area (Å²) < 4.78 is 10.8. The summed E-state index contributed by atoms with van der Waals surface area (Å²) in [6.07, 6.45) is 4.17. The molecule has 0 radical (unpaired) electrons. The topological polar surface area (TPSA) is 59.6 Å². The van der Waals surface area contributed by atoms with Crippen LogP contribution in [0, 0.1) is 0 Å². The van der Waals surface area contributed by atoms with Gasteiger partial charge in [-0.25, -0.2) is 0 Å². The highest BCUT2D eigenvalue weighted by atomic mass is 16.5. The van der Waals surface area contributed by atoms with E-state index in [-0.39, 0.29) is 5.91 Å². The molecule has 0 bridgehead atoms. The molecule has 1 aromatic rings. The van der Waals surface area contributed by atoms with E-state index in [1.165, 1.54) is 6.42 Å². The summed E-state index contributed by atoms with van der Waals surface area (Å²) in [5, 5.41) is 6.34. The molecule has 1 unspecified atom stereocenters. The van der Waals surface area contributed by atoms with E-state index in [9.17, 15) is 4.79 Å². The molecule has 1 fully saturated rings. The molecule has 2 aliphatic rings. The third kappa shape index (κ3) is 3.19. The van der Waals surface area contributed by atoms with Crippen LogP contribution < -0.4 is 20.1 Å². The first-order chi connectivity index (χ1) is 10.3. The first-order valence-electron chi connectivity index (χ1n) is 7.29. The Bertz CT molecular complexity index is 563. The minimum absolute atomic E-state index is 0.0582. The standard InChI is InChI=1S/C16H20N2O3/c1-20-14-4-5-15-11(8-14)7-12(10-21-15)16(19)18-9-13-3-2-6-17-13/h4-5,7-8,13,17H,2-3,6,9-10H2,1H3,(H,18,19). The van der Waals surface area contributed by atoms with E-state index in [4.69, 9.17) is 9.47 Å². The minimum Gasteiger partial charge on any atom is -0.497 e. The highest BCUT2D eigenvalue weighted by Gasteiger charge is 2.20. The van der Waals surface area contributed by atoms with Crippen molar-refractivity contribution in [3.05, 3.63) is 29.3 Å². The van der Waals surface area contributed by atoms with Crippen LogP contribution in [0.15, 0.2) is 23.8 Å². The molecular weight excluding hydrogens is 268 g/mol. The van der Waals surface area contributed by atoms with E-state index >= 15 is 0 Å². The molecular formula is C16H20N2O3. The number of methoxy groups -OCH3 is 1. The van der Waals surface area contributed by atoms with Crippen LogP contribution in [-0.4, -0.2) is 38.8 Å². The monoisotopic (exact) mass is 288 g/mol. The molecule has 0 spiro atoms. The quantitative estimate of drug-likeness (QED) is 0.878. The number of amides is 1. The first kappa shape index (κ1) is 13.9. The number of benzene rings is 1. The lowest BCUT2D eigenvalue weighted by Gasteiger charge is -2.19. The van der Waals surface area contributed by atoms with Crippen LogP contribution in [0.3, 0.4) is 0 Å². The van der Waals surface area contributed by atoms with Crippen LogP contribution in [0.2, 0.25) is 0 Å². The Morgan fingerprint density at radius 3 is 3.19 bits per heavy atom. The van der Waals surface area contributed by atoms with Crippen LogP contribution in [0.1, 0.15) is 18.4 Å². The predicted octanol–water partition coefficient (Wildman–Crippen LogP) is 1.34. The molecule has 1 saturated heterocycles. The van der Waals surface area contributed by atoms with Gasteiger partial charge in [-0.15, -0.1) is 0 Å². The molecule has 0 saturated carbocycles. The maximum Gasteiger partial charge on any atom is 0.250 e. The van der Waals surface area contributed by atoms with E-state index in [0.29, 0.717) is 24.8 Å². The SMILES string of the molecule is COc1ccc2c(c1)C=C(C(=O)NCC1CCCN1)CO2. The Kier molecular flexibility index (Phi) is 4.10. The van der Waals surface area contributed by atoms with E-state index < -0.39 is 0 Å². The third-order valence-electron chi connectivity index (χ3n) is 3.89. The maximum absolute atomic E-state index is 12.2. The van der Waals surface area contributed by atoms with Gasteiger partial charge in [0.1, 0.15) is 18.1 Å². The smallest absolute Gasteiger partial charge is 0.250 e. The Balaban J connectivity index is 1.67. The molecule has 1 aromatic carbocycles. The van der Waals surface area contributed by atoms with Crippen molar-refractivity contribution >= 4 is 12.0 Å². The number of hydrogen-bond donors (Lipinski definition) is 2. The maximum atomic E-state index is 12.2. The van der Waals surface area contributed by atoms with Gasteiger partial charge in [0.25, 0.3) is 5.91 Å². The number of hydrogen-bond acceptors (Lipinski definition) is 4. The molecule has 21 heavy (non-hydrogen) atoms. The Morgan fingerprint density at radius 2 is 2.43 bits per heavy atom. The Hall–Kier alpha value is -2.01. The van der Waals surface area contributed by atoms with Crippen molar-refractivity contribution in [1.29, 1.82) is 0 Å². The highest BCUT2D eigenvalue weighted by molar-refractivity contribution is 5.99. The van der Waals surface area contributed by atoms with Gasteiger partial charge < -0.3 is 20.1 Å². The lowest BCUT2D eigenvalue weighted by molar-refractivity contribution is -0.117. The largest absolute Gasteiger partial charge is 0.497 e. The van der Waals surface area contributed by atoms with Crippen molar-refractivity contribution in [2.75, 3.05) is 26.8 Å². The average Bonchev–Trinajstić information content (AvgIpc) is 3.04. The summed E-state index contributed by atoms with van der Waals surface area (Å²) in [6.45, 7) is 2.02. The molecule has 5 nitrogen and oxygen atoms in total. The molecule has 2 N–H and O–H groups in total. The fourth-order valence-corrected chi connectivity index (χ4v) is 2.67. The van der Waals surface area contributed by atoms with Crippen LogP contribution in [0.25, 0.3) is 6.08 Å². The van der Waals surface area contributed by atoms with Gasteiger partial charge in [-0.2, -0.15) is 0 Å². The summed E-state index contributed by atoms with van der Waals surface area (Å²) in [5.74, 6) is 1.48. The van der Waals surface area contributed by atoms with Crippen molar-refractivity contribution in [3.63, 3.8) is 0 Å². The summed E-state index contributed by atoms with van der Waals surface area (Å²) >= 11 is 0. The normalized spacial score (nSPS) is 20.2. The van der Waals surface area contributed by atoms with Gasteiger partial charge in [0.2, 0.25) is 0 Å². The zero-order valence-corrected chi connectivity index (χ0v) is 12.1. The predicted molar refractivity (Wildman–Crippen MR) is 80.5 cm³/mol. The van der Waals surface area contributed by atoms with E-state index in [2.05, 4.69) is 10.6 Å². The van der Waals surface area contributed by atoms with Crippen molar-refractivity contribution in [3.8, 4) is 11.5 Å². The second-order valence-electron chi connectivity index (χ2n) is 5.37. The van der Waals surface area contributed by atoms with Gasteiger partial charge in [0.15, 0.2) is 0 Å². The lowest BCUT2D eigenvalue weighted by Crippen LogP contribution is -2.38. The summed E-state index contributed by atoms with van der Waals surface area (Å²) in [4.78, 5) is 12.2. The molecule has 112 valence electrons. The van der Waals surface area contributed by atoms with Crippen molar-refractivity contribution < 1.29 is 14.3 Å². The second-order valence-corrected chi connectivity index (χ2v) is 5.37. The van der Waals surface area contributed by atoms with E-state index in [1.54, 1.807) is 7.11 Å². The van der Waals surface area contributed by atoms with E-state index in [0.717, 1.165) is 30.0 Å². The molecule has 0 aliphatic carbocycles. The van der Waals surface area contributed by atoms with Crippen LogP contribution in [-0.2, 0) is 4.79 Å². The number of fused-ring (bicyclic) bond motifs is 1. The van der Waals surface area contributed by atoms with Gasteiger partial charge >= 0.3 is 0 Å². The summed E-state index contributed by atoms with van der Waals surface area (Å²) in [5.41, 5.74) is 1.53. The molecule has 5 heteroatoms. The van der Waals surface area contributed by atoms with Gasteiger partial charge in [-0.1, -0.05) is 0 Å². The van der Waals surface area contributed by atoms with Gasteiger partial charge in [-0.05, 0) is 43.7 Å². The molecule has 3 rings (SSSR count). The van der Waals surface area contributed by atoms with Gasteiger partial charge in [0.05, 0.1) is 12.7 Å². The zero-order chi connectivity index (χ0) is 14.7. The van der Waals surface area contributed by atoms with Crippen LogP contribution in [0.4, 0.5) is 0 Å². The number of carbonyl (C=O) groups excluding carboxylic acids is 1. The summed E-state index contributed by atoms with van der Waals surface area (Å²) in [6, 6.07) is 5.98. The molecule has 1 amide bonds.